The number of amidine groups is 1. The van der Waals surface area contributed by atoms with Crippen molar-refractivity contribution in [2.75, 3.05) is 13.7 Å². The van der Waals surface area contributed by atoms with E-state index in [0.717, 1.165) is 11.8 Å². The van der Waals surface area contributed by atoms with Gasteiger partial charge in [0.2, 0.25) is 0 Å². The first kappa shape index (κ1) is 25.8. The molecular formula is C24H18BrClF3N5O2. The molecule has 0 saturated carbocycles. The van der Waals surface area contributed by atoms with Gasteiger partial charge in [-0.3, -0.25) is 9.98 Å². The molecule has 0 radical (unpaired) electrons. The molecule has 4 rings (SSSR count). The highest BCUT2D eigenvalue weighted by Gasteiger charge is 2.34. The van der Waals surface area contributed by atoms with E-state index in [1.165, 1.54) is 29.7 Å². The molecule has 1 aliphatic heterocycles. The fraction of sp³-hybridized carbons (Fsp3) is 0.167. The standard InChI is InChI=1S/C24H18BrClF3N5O2/c1-36-24(35)20-19(12-34(26)11-13-4-6-30-7-5-13)32-23(22-18(29)9-15(28)10-31-22)33-21(20)16-3-2-14(27)8-17(16)25/h2-10,21H,11-12H2,1H3,(H,32,33). The molecular weight excluding hydrogens is 563 g/mol. The molecule has 0 aliphatic carbocycles. The van der Waals surface area contributed by atoms with Crippen molar-refractivity contribution in [2.45, 2.75) is 12.6 Å². The molecule has 0 fully saturated rings. The van der Waals surface area contributed by atoms with Crippen molar-refractivity contribution >= 4 is 39.5 Å². The first-order valence-electron chi connectivity index (χ1n) is 10.5. The van der Waals surface area contributed by atoms with Crippen molar-refractivity contribution in [2.24, 2.45) is 4.99 Å². The highest BCUT2D eigenvalue weighted by molar-refractivity contribution is 9.10. The van der Waals surface area contributed by atoms with Gasteiger partial charge in [-0.1, -0.05) is 22.0 Å². The van der Waals surface area contributed by atoms with Crippen LogP contribution in [-0.2, 0) is 16.1 Å². The Hall–Kier alpha value is -3.28. The molecule has 1 atom stereocenters. The summed E-state index contributed by atoms with van der Waals surface area (Å²) in [4.78, 5) is 25.2. The Labute approximate surface area is 217 Å². The van der Waals surface area contributed by atoms with Gasteiger partial charge in [-0.25, -0.2) is 27.4 Å². The number of nitrogens with one attached hydrogen (secondary N) is 1. The second kappa shape index (κ2) is 11.2. The van der Waals surface area contributed by atoms with Crippen molar-refractivity contribution in [3.63, 3.8) is 0 Å². The van der Waals surface area contributed by atoms with Crippen LogP contribution < -0.4 is 5.32 Å². The second-order valence-corrected chi connectivity index (χ2v) is 9.01. The Kier molecular flexibility index (Phi) is 8.02. The Bertz CT molecular complexity index is 1360. The van der Waals surface area contributed by atoms with Crippen molar-refractivity contribution < 1.29 is 22.7 Å². The molecule has 12 heteroatoms. The third kappa shape index (κ3) is 5.75. The molecule has 0 amide bonds. The quantitative estimate of drug-likeness (QED) is 0.319. The van der Waals surface area contributed by atoms with Gasteiger partial charge < -0.3 is 10.1 Å². The fourth-order valence-electron chi connectivity index (χ4n) is 3.64. The summed E-state index contributed by atoms with van der Waals surface area (Å²) >= 11 is 9.81. The van der Waals surface area contributed by atoms with E-state index in [1.54, 1.807) is 24.5 Å². The van der Waals surface area contributed by atoms with Gasteiger partial charge in [0.15, 0.2) is 11.7 Å². The lowest BCUT2D eigenvalue weighted by molar-refractivity contribution is -0.136. The predicted octanol–water partition coefficient (Wildman–Crippen LogP) is 4.83. The van der Waals surface area contributed by atoms with Crippen molar-refractivity contribution in [1.82, 2.24) is 19.7 Å². The summed E-state index contributed by atoms with van der Waals surface area (Å²) < 4.78 is 48.7. The number of halogens is 5. The van der Waals surface area contributed by atoms with Crippen LogP contribution in [0, 0.1) is 17.5 Å². The van der Waals surface area contributed by atoms with Crippen LogP contribution in [0.1, 0.15) is 22.9 Å². The van der Waals surface area contributed by atoms with E-state index in [1.807, 2.05) is 0 Å². The monoisotopic (exact) mass is 579 g/mol. The number of rotatable bonds is 7. The van der Waals surface area contributed by atoms with Gasteiger partial charge in [-0.05, 0) is 47.2 Å². The largest absolute Gasteiger partial charge is 0.466 e. The van der Waals surface area contributed by atoms with E-state index >= 15 is 0 Å². The lowest BCUT2D eigenvalue weighted by atomic mass is 9.95. The van der Waals surface area contributed by atoms with Gasteiger partial charge in [-0.15, -0.1) is 0 Å². The highest BCUT2D eigenvalue weighted by atomic mass is 79.9. The number of pyridine rings is 2. The first-order valence-corrected chi connectivity index (χ1v) is 11.6. The van der Waals surface area contributed by atoms with Gasteiger partial charge in [0, 0.05) is 35.2 Å². The van der Waals surface area contributed by atoms with Crippen LogP contribution in [0.3, 0.4) is 0 Å². The number of aromatic nitrogens is 2. The Morgan fingerprint density at radius 2 is 1.89 bits per heavy atom. The van der Waals surface area contributed by atoms with Crippen LogP contribution >= 0.6 is 27.7 Å². The molecule has 36 heavy (non-hydrogen) atoms. The summed E-state index contributed by atoms with van der Waals surface area (Å²) in [7, 11) is 1.21. The smallest absolute Gasteiger partial charge is 0.338 e. The van der Waals surface area contributed by atoms with E-state index in [9.17, 15) is 18.0 Å². The molecule has 1 N–H and O–H groups in total. The SMILES string of the molecule is COC(=O)C1=C(CN(Cl)Cc2ccncc2)NC(c2ncc(F)cc2F)=NC1c1ccc(F)cc1Br. The van der Waals surface area contributed by atoms with E-state index < -0.39 is 29.5 Å². The summed E-state index contributed by atoms with van der Waals surface area (Å²) in [5.41, 5.74) is 1.33. The first-order chi connectivity index (χ1) is 17.3. The van der Waals surface area contributed by atoms with Crippen molar-refractivity contribution in [3.05, 3.63) is 105 Å². The number of hydrogen-bond donors (Lipinski definition) is 1. The molecule has 1 aliphatic rings. The van der Waals surface area contributed by atoms with Gasteiger partial charge in [-0.2, -0.15) is 0 Å². The predicted molar refractivity (Wildman–Crippen MR) is 130 cm³/mol. The molecule has 7 nitrogen and oxygen atoms in total. The van der Waals surface area contributed by atoms with Crippen molar-refractivity contribution in [3.8, 4) is 0 Å². The molecule has 0 saturated heterocycles. The van der Waals surface area contributed by atoms with Gasteiger partial charge in [0.05, 0.1) is 25.4 Å². The Morgan fingerprint density at radius 3 is 2.56 bits per heavy atom. The van der Waals surface area contributed by atoms with E-state index in [-0.39, 0.29) is 35.9 Å². The lowest BCUT2D eigenvalue weighted by Gasteiger charge is -2.29. The molecule has 3 heterocycles. The second-order valence-electron chi connectivity index (χ2n) is 7.67. The Balaban J connectivity index is 1.82. The summed E-state index contributed by atoms with van der Waals surface area (Å²) in [5.74, 6) is -3.11. The van der Waals surface area contributed by atoms with Crippen LogP contribution in [0.15, 0.2) is 75.7 Å². The zero-order valence-electron chi connectivity index (χ0n) is 18.7. The van der Waals surface area contributed by atoms with Gasteiger partial charge >= 0.3 is 5.97 Å². The molecule has 1 unspecified atom stereocenters. The minimum Gasteiger partial charge on any atom is -0.466 e. The normalized spacial score (nSPS) is 15.5. The fourth-order valence-corrected chi connectivity index (χ4v) is 4.47. The third-order valence-electron chi connectivity index (χ3n) is 5.25. The maximum atomic E-state index is 14.7. The number of carbonyl (C=O) groups excluding carboxylic acids is 1. The summed E-state index contributed by atoms with van der Waals surface area (Å²) in [6, 6.07) is 7.06. The summed E-state index contributed by atoms with van der Waals surface area (Å²) in [6.45, 7) is 0.260. The molecule has 0 spiro atoms. The van der Waals surface area contributed by atoms with Crippen LogP contribution in [0.25, 0.3) is 0 Å². The van der Waals surface area contributed by atoms with Crippen LogP contribution in [0.2, 0.25) is 0 Å². The van der Waals surface area contributed by atoms with E-state index in [4.69, 9.17) is 16.5 Å². The maximum absolute atomic E-state index is 14.7. The number of carbonyl (C=O) groups is 1. The van der Waals surface area contributed by atoms with Gasteiger partial charge in [0.1, 0.15) is 23.4 Å². The number of nitrogens with zero attached hydrogens (tertiary/aromatic N) is 4. The zero-order valence-corrected chi connectivity index (χ0v) is 21.0. The number of methoxy groups -OCH3 is 1. The lowest BCUT2D eigenvalue weighted by Crippen LogP contribution is -2.38. The van der Waals surface area contributed by atoms with E-state index in [2.05, 4.69) is 36.2 Å². The zero-order chi connectivity index (χ0) is 25.8. The minimum absolute atomic E-state index is 0.0224. The molecule has 3 aromatic rings. The molecule has 186 valence electrons. The minimum atomic E-state index is -1.05. The average Bonchev–Trinajstić information content (AvgIpc) is 2.84. The number of esters is 1. The third-order valence-corrected chi connectivity index (χ3v) is 6.18. The summed E-state index contributed by atoms with van der Waals surface area (Å²) in [6.07, 6.45) is 4.09. The molecule has 2 aromatic heterocycles. The number of ether oxygens (including phenoxy) is 1. The number of aliphatic imine (C=N–C) groups is 1. The van der Waals surface area contributed by atoms with Crippen LogP contribution in [0.5, 0.6) is 0 Å². The summed E-state index contributed by atoms with van der Waals surface area (Å²) in [5, 5.41) is 2.92. The average molecular weight is 581 g/mol. The van der Waals surface area contributed by atoms with Gasteiger partial charge in [0.25, 0.3) is 0 Å². The topological polar surface area (TPSA) is 79.7 Å². The van der Waals surface area contributed by atoms with Crippen LogP contribution in [0.4, 0.5) is 13.2 Å². The number of hydrogen-bond acceptors (Lipinski definition) is 7. The van der Waals surface area contributed by atoms with E-state index in [0.29, 0.717) is 16.1 Å². The highest BCUT2D eigenvalue weighted by Crippen LogP contribution is 2.37. The molecule has 0 bridgehead atoms. The number of benzene rings is 1. The van der Waals surface area contributed by atoms with Crippen molar-refractivity contribution in [1.29, 1.82) is 0 Å². The molecule has 1 aromatic carbocycles. The maximum Gasteiger partial charge on any atom is 0.338 e. The Morgan fingerprint density at radius 1 is 1.14 bits per heavy atom. The van der Waals surface area contributed by atoms with Crippen LogP contribution in [-0.4, -0.2) is 39.8 Å².